The van der Waals surface area contributed by atoms with Crippen molar-refractivity contribution in [2.24, 2.45) is 5.92 Å². The number of hydrogen-bond acceptors (Lipinski definition) is 4. The maximum Gasteiger partial charge on any atom is 0.257 e. The third kappa shape index (κ3) is 6.19. The second-order valence-electron chi connectivity index (χ2n) is 8.14. The number of rotatable bonds is 8. The van der Waals surface area contributed by atoms with E-state index in [1.165, 1.54) is 12.6 Å². The van der Waals surface area contributed by atoms with E-state index < -0.39 is 17.2 Å². The second-order valence-corrected chi connectivity index (χ2v) is 8.14. The molecule has 2 N–H and O–H groups in total. The van der Waals surface area contributed by atoms with Crippen LogP contribution in [-0.2, 0) is 11.3 Å². The van der Waals surface area contributed by atoms with Crippen molar-refractivity contribution in [1.29, 1.82) is 0 Å². The van der Waals surface area contributed by atoms with Crippen molar-refractivity contribution in [2.45, 2.75) is 71.5 Å². The number of aromatic nitrogens is 1. The minimum absolute atomic E-state index is 0.0140. The highest BCUT2D eigenvalue weighted by molar-refractivity contribution is 5.99. The molecular weight excluding hydrogens is 358 g/mol. The molecule has 2 rings (SSSR count). The summed E-state index contributed by atoms with van der Waals surface area (Å²) in [4.78, 5) is 38.3. The summed E-state index contributed by atoms with van der Waals surface area (Å²) in [6.07, 6.45) is 8.32. The smallest absolute Gasteiger partial charge is 0.257 e. The molecule has 0 bridgehead atoms. The topological polar surface area (TPSA) is 89.4 Å². The van der Waals surface area contributed by atoms with E-state index in [0.29, 0.717) is 19.1 Å². The van der Waals surface area contributed by atoms with E-state index in [4.69, 9.17) is 4.74 Å². The number of carbonyl (C=O) groups excluding carboxylic acids is 2. The van der Waals surface area contributed by atoms with Gasteiger partial charge in [-0.25, -0.2) is 0 Å². The van der Waals surface area contributed by atoms with Crippen LogP contribution in [-0.4, -0.2) is 42.2 Å². The number of amides is 2. The summed E-state index contributed by atoms with van der Waals surface area (Å²) < 4.78 is 6.79. The molecule has 7 nitrogen and oxygen atoms in total. The lowest BCUT2D eigenvalue weighted by atomic mass is 9.95. The fraction of sp³-hybridized carbons (Fsp3) is 0.667. The number of methoxy groups -OCH3 is 1. The Morgan fingerprint density at radius 2 is 1.71 bits per heavy atom. The summed E-state index contributed by atoms with van der Waals surface area (Å²) in [5.74, 6) is -0.576. The van der Waals surface area contributed by atoms with Gasteiger partial charge in [0.1, 0.15) is 11.1 Å². The molecule has 156 valence electrons. The van der Waals surface area contributed by atoms with Crippen LogP contribution in [0.1, 0.15) is 73.6 Å². The summed E-state index contributed by atoms with van der Waals surface area (Å²) in [6.45, 7) is 6.83. The van der Waals surface area contributed by atoms with Gasteiger partial charge in [-0.2, -0.15) is 0 Å². The van der Waals surface area contributed by atoms with Crippen LogP contribution >= 0.6 is 0 Å². The second kappa shape index (κ2) is 10.4. The van der Waals surface area contributed by atoms with Gasteiger partial charge in [-0.1, -0.05) is 33.1 Å². The number of hydrogen-bond donors (Lipinski definition) is 2. The Balaban J connectivity index is 2.31. The predicted octanol–water partition coefficient (Wildman–Crippen LogP) is 2.33. The molecule has 1 aromatic rings. The first-order valence-corrected chi connectivity index (χ1v) is 10.2. The van der Waals surface area contributed by atoms with Crippen molar-refractivity contribution < 1.29 is 14.3 Å². The molecule has 2 amide bonds. The molecule has 0 aromatic carbocycles. The molecule has 0 spiro atoms. The molecule has 1 aliphatic rings. The van der Waals surface area contributed by atoms with Crippen molar-refractivity contribution >= 4 is 11.8 Å². The zero-order valence-corrected chi connectivity index (χ0v) is 17.4. The quantitative estimate of drug-likeness (QED) is 0.712. The van der Waals surface area contributed by atoms with Gasteiger partial charge in [-0.15, -0.1) is 0 Å². The van der Waals surface area contributed by atoms with Crippen molar-refractivity contribution in [3.63, 3.8) is 0 Å². The highest BCUT2D eigenvalue weighted by Gasteiger charge is 2.23. The fourth-order valence-electron chi connectivity index (χ4n) is 3.59. The molecule has 1 aliphatic carbocycles. The summed E-state index contributed by atoms with van der Waals surface area (Å²) in [6, 6.07) is -0.145. The van der Waals surface area contributed by atoms with E-state index in [2.05, 4.69) is 10.6 Å². The van der Waals surface area contributed by atoms with Gasteiger partial charge >= 0.3 is 0 Å². The average Bonchev–Trinajstić information content (AvgIpc) is 2.63. The maximum atomic E-state index is 12.9. The van der Waals surface area contributed by atoms with Crippen LogP contribution in [0.15, 0.2) is 17.2 Å². The van der Waals surface area contributed by atoms with Crippen molar-refractivity contribution in [2.75, 3.05) is 13.7 Å². The largest absolute Gasteiger partial charge is 0.383 e. The predicted molar refractivity (Wildman–Crippen MR) is 109 cm³/mol. The van der Waals surface area contributed by atoms with Crippen LogP contribution in [0.2, 0.25) is 0 Å². The molecule has 1 saturated carbocycles. The Morgan fingerprint density at radius 1 is 1.11 bits per heavy atom. The van der Waals surface area contributed by atoms with Gasteiger partial charge in [0.15, 0.2) is 0 Å². The molecule has 1 aromatic heterocycles. The normalized spacial score (nSPS) is 16.0. The zero-order valence-electron chi connectivity index (χ0n) is 17.4. The standard InChI is InChI=1S/C21H33N3O4/c1-14(2)10-24-11-17(20(26)22-15(3)13-28-4)19(25)18(12-24)21(27)23-16-8-6-5-7-9-16/h11-12,14-16H,5-10,13H2,1-4H3,(H,22,26)(H,23,27)/t15-/m1/s1. The molecule has 28 heavy (non-hydrogen) atoms. The minimum atomic E-state index is -0.532. The third-order valence-corrected chi connectivity index (χ3v) is 4.88. The van der Waals surface area contributed by atoms with Crippen LogP contribution < -0.4 is 16.1 Å². The Kier molecular flexibility index (Phi) is 8.23. The fourth-order valence-corrected chi connectivity index (χ4v) is 3.59. The van der Waals surface area contributed by atoms with Gasteiger partial charge in [-0.3, -0.25) is 14.4 Å². The molecule has 1 atom stereocenters. The summed E-state index contributed by atoms with van der Waals surface area (Å²) >= 11 is 0. The van der Waals surface area contributed by atoms with Gasteiger partial charge in [-0.05, 0) is 25.7 Å². The Hall–Kier alpha value is -2.15. The van der Waals surface area contributed by atoms with Crippen LogP contribution in [0.5, 0.6) is 0 Å². The van der Waals surface area contributed by atoms with E-state index in [-0.39, 0.29) is 23.2 Å². The van der Waals surface area contributed by atoms with Crippen LogP contribution in [0, 0.1) is 5.92 Å². The first-order valence-electron chi connectivity index (χ1n) is 10.2. The molecule has 0 saturated heterocycles. The summed E-state index contributed by atoms with van der Waals surface area (Å²) in [7, 11) is 1.55. The maximum absolute atomic E-state index is 12.9. The van der Waals surface area contributed by atoms with E-state index in [9.17, 15) is 14.4 Å². The van der Waals surface area contributed by atoms with Gasteiger partial charge in [0.25, 0.3) is 11.8 Å². The molecule has 1 fully saturated rings. The molecule has 0 aliphatic heterocycles. The van der Waals surface area contributed by atoms with E-state index >= 15 is 0 Å². The third-order valence-electron chi connectivity index (χ3n) is 4.88. The molecule has 0 radical (unpaired) electrons. The number of ether oxygens (including phenoxy) is 1. The Bertz CT molecular complexity index is 736. The summed E-state index contributed by atoms with van der Waals surface area (Å²) in [5, 5.41) is 5.74. The number of carbonyl (C=O) groups is 2. The molecule has 7 heteroatoms. The molecule has 1 heterocycles. The zero-order chi connectivity index (χ0) is 20.7. The average molecular weight is 392 g/mol. The van der Waals surface area contributed by atoms with Crippen molar-refractivity contribution in [3.05, 3.63) is 33.7 Å². The number of nitrogens with one attached hydrogen (secondary N) is 2. The van der Waals surface area contributed by atoms with Gasteiger partial charge in [0.2, 0.25) is 5.43 Å². The lowest BCUT2D eigenvalue weighted by molar-refractivity contribution is 0.0903. The first-order chi connectivity index (χ1) is 13.3. The Labute approximate surface area is 166 Å². The monoisotopic (exact) mass is 391 g/mol. The van der Waals surface area contributed by atoms with Gasteiger partial charge < -0.3 is 19.9 Å². The Morgan fingerprint density at radius 3 is 2.29 bits per heavy atom. The highest BCUT2D eigenvalue weighted by atomic mass is 16.5. The lowest BCUT2D eigenvalue weighted by Gasteiger charge is -2.23. The highest BCUT2D eigenvalue weighted by Crippen LogP contribution is 2.17. The number of pyridine rings is 1. The SMILES string of the molecule is COC[C@@H](C)NC(=O)c1cn(CC(C)C)cc(C(=O)NC2CCCCC2)c1=O. The van der Waals surface area contributed by atoms with Crippen LogP contribution in [0.25, 0.3) is 0 Å². The number of nitrogens with zero attached hydrogens (tertiary/aromatic N) is 1. The van der Waals surface area contributed by atoms with Crippen LogP contribution in [0.4, 0.5) is 0 Å². The minimum Gasteiger partial charge on any atom is -0.383 e. The first kappa shape index (κ1) is 22.1. The molecular formula is C21H33N3O4. The van der Waals surface area contributed by atoms with E-state index in [0.717, 1.165) is 25.7 Å². The van der Waals surface area contributed by atoms with Gasteiger partial charge in [0, 0.05) is 38.1 Å². The molecule has 0 unspecified atom stereocenters. The van der Waals surface area contributed by atoms with E-state index in [1.54, 1.807) is 24.8 Å². The van der Waals surface area contributed by atoms with Gasteiger partial charge in [0.05, 0.1) is 6.61 Å². The van der Waals surface area contributed by atoms with Crippen molar-refractivity contribution in [1.82, 2.24) is 15.2 Å². The van der Waals surface area contributed by atoms with Crippen LogP contribution in [0.3, 0.4) is 0 Å². The van der Waals surface area contributed by atoms with E-state index in [1.807, 2.05) is 13.8 Å². The van der Waals surface area contributed by atoms with Crippen molar-refractivity contribution in [3.8, 4) is 0 Å². The summed E-state index contributed by atoms with van der Waals surface area (Å²) in [5.41, 5.74) is -0.520. The lowest BCUT2D eigenvalue weighted by Crippen LogP contribution is -2.42.